The Balaban J connectivity index is 2.02. The highest BCUT2D eigenvalue weighted by Gasteiger charge is 2.58. The SMILES string of the molecule is COc1ccc([C@@]23CNC[C@@H]2C3)cc1C(C)=O. The average molecular weight is 231 g/mol. The summed E-state index contributed by atoms with van der Waals surface area (Å²) < 4.78 is 5.23. The van der Waals surface area contributed by atoms with Crippen molar-refractivity contribution in [1.82, 2.24) is 5.32 Å². The van der Waals surface area contributed by atoms with Crippen molar-refractivity contribution in [1.29, 1.82) is 0 Å². The van der Waals surface area contributed by atoms with E-state index in [1.165, 1.54) is 12.0 Å². The monoisotopic (exact) mass is 231 g/mol. The molecule has 1 saturated heterocycles. The van der Waals surface area contributed by atoms with Gasteiger partial charge in [0.05, 0.1) is 12.7 Å². The predicted octanol–water partition coefficient (Wildman–Crippen LogP) is 1.76. The maximum atomic E-state index is 11.6. The summed E-state index contributed by atoms with van der Waals surface area (Å²) in [6.07, 6.45) is 1.25. The Morgan fingerprint density at radius 3 is 2.88 bits per heavy atom. The van der Waals surface area contributed by atoms with Gasteiger partial charge in [0.1, 0.15) is 5.75 Å². The van der Waals surface area contributed by atoms with Crippen molar-refractivity contribution in [2.24, 2.45) is 5.92 Å². The van der Waals surface area contributed by atoms with Gasteiger partial charge in [-0.15, -0.1) is 0 Å². The molecule has 0 unspecified atom stereocenters. The lowest BCUT2D eigenvalue weighted by molar-refractivity contribution is 0.101. The highest BCUT2D eigenvalue weighted by Crippen LogP contribution is 2.56. The first-order valence-corrected chi connectivity index (χ1v) is 6.07. The van der Waals surface area contributed by atoms with E-state index in [2.05, 4.69) is 11.4 Å². The molecule has 0 bridgehead atoms. The lowest BCUT2D eigenvalue weighted by Crippen LogP contribution is -2.19. The second kappa shape index (κ2) is 3.57. The van der Waals surface area contributed by atoms with Crippen molar-refractivity contribution in [3.8, 4) is 5.75 Å². The van der Waals surface area contributed by atoms with Crippen LogP contribution < -0.4 is 10.1 Å². The minimum absolute atomic E-state index is 0.0725. The van der Waals surface area contributed by atoms with Gasteiger partial charge in [0.15, 0.2) is 5.78 Å². The molecule has 1 aliphatic carbocycles. The van der Waals surface area contributed by atoms with Crippen LogP contribution in [0.25, 0.3) is 0 Å². The fourth-order valence-electron chi connectivity index (χ4n) is 3.08. The van der Waals surface area contributed by atoms with E-state index in [0.717, 1.165) is 19.0 Å². The zero-order valence-corrected chi connectivity index (χ0v) is 10.2. The van der Waals surface area contributed by atoms with E-state index in [4.69, 9.17) is 4.74 Å². The number of piperidine rings is 1. The van der Waals surface area contributed by atoms with Gasteiger partial charge in [-0.2, -0.15) is 0 Å². The standard InChI is InChI=1S/C14H17NO2/c1-9(16)12-5-10(3-4-13(12)17-2)14-6-11(14)7-15-8-14/h3-5,11,15H,6-8H2,1-2H3/t11-,14+/m0/s1. The fourth-order valence-corrected chi connectivity index (χ4v) is 3.08. The number of hydrogen-bond acceptors (Lipinski definition) is 3. The highest BCUT2D eigenvalue weighted by atomic mass is 16.5. The van der Waals surface area contributed by atoms with Gasteiger partial charge in [-0.25, -0.2) is 0 Å². The van der Waals surface area contributed by atoms with E-state index in [0.29, 0.717) is 16.7 Å². The van der Waals surface area contributed by atoms with Gasteiger partial charge in [-0.1, -0.05) is 6.07 Å². The summed E-state index contributed by atoms with van der Waals surface area (Å²) in [6, 6.07) is 6.06. The van der Waals surface area contributed by atoms with Crippen LogP contribution in [0, 0.1) is 5.92 Å². The molecule has 3 heteroatoms. The van der Waals surface area contributed by atoms with Crippen LogP contribution in [0.2, 0.25) is 0 Å². The predicted molar refractivity (Wildman–Crippen MR) is 65.7 cm³/mol. The fraction of sp³-hybridized carbons (Fsp3) is 0.500. The molecule has 3 nitrogen and oxygen atoms in total. The van der Waals surface area contributed by atoms with Crippen molar-refractivity contribution >= 4 is 5.78 Å². The van der Waals surface area contributed by atoms with Crippen LogP contribution in [0.1, 0.15) is 29.3 Å². The Hall–Kier alpha value is -1.35. The average Bonchev–Trinajstić information content (AvgIpc) is 2.91. The molecule has 0 spiro atoms. The van der Waals surface area contributed by atoms with Crippen molar-refractivity contribution in [2.45, 2.75) is 18.8 Å². The number of benzene rings is 1. The second-order valence-corrected chi connectivity index (χ2v) is 5.16. The van der Waals surface area contributed by atoms with Gasteiger partial charge in [0.2, 0.25) is 0 Å². The van der Waals surface area contributed by atoms with Gasteiger partial charge < -0.3 is 10.1 Å². The second-order valence-electron chi connectivity index (χ2n) is 5.16. The zero-order valence-electron chi connectivity index (χ0n) is 10.2. The molecule has 1 heterocycles. The first-order chi connectivity index (χ1) is 8.17. The van der Waals surface area contributed by atoms with Gasteiger partial charge in [-0.05, 0) is 43.5 Å². The summed E-state index contributed by atoms with van der Waals surface area (Å²) in [5.41, 5.74) is 2.30. The molecular formula is C14H17NO2. The summed E-state index contributed by atoms with van der Waals surface area (Å²) >= 11 is 0. The third-order valence-corrected chi connectivity index (χ3v) is 4.22. The Bertz CT molecular complexity index is 483. The van der Waals surface area contributed by atoms with Crippen LogP contribution in [0.4, 0.5) is 0 Å². The molecule has 2 aliphatic rings. The molecule has 0 aromatic heterocycles. The van der Waals surface area contributed by atoms with Gasteiger partial charge in [-0.3, -0.25) is 4.79 Å². The minimum Gasteiger partial charge on any atom is -0.496 e. The Labute approximate surface area is 101 Å². The first-order valence-electron chi connectivity index (χ1n) is 6.07. The molecule has 1 aliphatic heterocycles. The van der Waals surface area contributed by atoms with Crippen LogP contribution in [-0.2, 0) is 5.41 Å². The third-order valence-electron chi connectivity index (χ3n) is 4.22. The van der Waals surface area contributed by atoms with E-state index in [1.54, 1.807) is 14.0 Å². The lowest BCUT2D eigenvalue weighted by Gasteiger charge is -2.15. The molecule has 1 aromatic carbocycles. The maximum absolute atomic E-state index is 11.6. The smallest absolute Gasteiger partial charge is 0.163 e. The molecule has 1 aromatic rings. The number of fused-ring (bicyclic) bond motifs is 1. The zero-order chi connectivity index (χ0) is 12.0. The van der Waals surface area contributed by atoms with E-state index in [-0.39, 0.29) is 5.78 Å². The van der Waals surface area contributed by atoms with Gasteiger partial charge >= 0.3 is 0 Å². The van der Waals surface area contributed by atoms with E-state index in [9.17, 15) is 4.79 Å². The summed E-state index contributed by atoms with van der Waals surface area (Å²) in [4.78, 5) is 11.6. The number of carbonyl (C=O) groups is 1. The molecule has 2 fully saturated rings. The molecular weight excluding hydrogens is 214 g/mol. The molecule has 90 valence electrons. The maximum Gasteiger partial charge on any atom is 0.163 e. The Morgan fingerprint density at radius 1 is 1.53 bits per heavy atom. The van der Waals surface area contributed by atoms with Crippen LogP contribution in [0.5, 0.6) is 5.75 Å². The number of rotatable bonds is 3. The lowest BCUT2D eigenvalue weighted by atomic mass is 9.92. The van der Waals surface area contributed by atoms with E-state index < -0.39 is 0 Å². The third kappa shape index (κ3) is 1.49. The molecule has 17 heavy (non-hydrogen) atoms. The molecule has 1 N–H and O–H groups in total. The summed E-state index contributed by atoms with van der Waals surface area (Å²) in [5.74, 6) is 1.51. The normalized spacial score (nSPS) is 29.9. The number of Topliss-reactive ketones (excluding diaryl/α,β-unsaturated/α-hetero) is 1. The number of nitrogens with one attached hydrogen (secondary N) is 1. The molecule has 3 rings (SSSR count). The summed E-state index contributed by atoms with van der Waals surface area (Å²) in [5, 5.41) is 3.42. The number of hydrogen-bond donors (Lipinski definition) is 1. The Kier molecular flexibility index (Phi) is 2.26. The number of methoxy groups -OCH3 is 1. The van der Waals surface area contributed by atoms with Crippen molar-refractivity contribution in [3.63, 3.8) is 0 Å². The summed E-state index contributed by atoms with van der Waals surface area (Å²) in [7, 11) is 1.61. The van der Waals surface area contributed by atoms with Crippen molar-refractivity contribution < 1.29 is 9.53 Å². The van der Waals surface area contributed by atoms with Crippen LogP contribution in [-0.4, -0.2) is 26.0 Å². The molecule has 2 atom stereocenters. The largest absolute Gasteiger partial charge is 0.496 e. The highest BCUT2D eigenvalue weighted by molar-refractivity contribution is 5.97. The molecule has 0 amide bonds. The topological polar surface area (TPSA) is 38.3 Å². The molecule has 0 radical (unpaired) electrons. The van der Waals surface area contributed by atoms with Crippen LogP contribution in [0.3, 0.4) is 0 Å². The van der Waals surface area contributed by atoms with Gasteiger partial charge in [0.25, 0.3) is 0 Å². The number of ether oxygens (including phenoxy) is 1. The number of carbonyl (C=O) groups excluding carboxylic acids is 1. The van der Waals surface area contributed by atoms with Crippen LogP contribution in [0.15, 0.2) is 18.2 Å². The summed E-state index contributed by atoms with van der Waals surface area (Å²) in [6.45, 7) is 3.75. The minimum atomic E-state index is 0.0725. The van der Waals surface area contributed by atoms with Crippen LogP contribution >= 0.6 is 0 Å². The number of ketones is 1. The van der Waals surface area contributed by atoms with Gasteiger partial charge in [0, 0.05) is 12.0 Å². The van der Waals surface area contributed by atoms with E-state index >= 15 is 0 Å². The van der Waals surface area contributed by atoms with Crippen molar-refractivity contribution in [2.75, 3.05) is 20.2 Å². The van der Waals surface area contributed by atoms with Crippen molar-refractivity contribution in [3.05, 3.63) is 29.3 Å². The molecule has 1 saturated carbocycles. The first kappa shape index (κ1) is 10.8. The Morgan fingerprint density at radius 2 is 2.35 bits per heavy atom. The quantitative estimate of drug-likeness (QED) is 0.806. The van der Waals surface area contributed by atoms with E-state index in [1.807, 2.05) is 12.1 Å².